The molecule has 2 aromatic carbocycles. The molecule has 0 heterocycles. The van der Waals surface area contributed by atoms with Crippen LogP contribution in [0.1, 0.15) is 112 Å². The van der Waals surface area contributed by atoms with Gasteiger partial charge >= 0.3 is 11.9 Å². The Morgan fingerprint density at radius 1 is 0.500 bits per heavy atom. The van der Waals surface area contributed by atoms with Gasteiger partial charge in [-0.25, -0.2) is 9.59 Å². The zero-order valence-corrected chi connectivity index (χ0v) is 21.3. The van der Waals surface area contributed by atoms with Crippen molar-refractivity contribution in [3.8, 4) is 0 Å². The van der Waals surface area contributed by atoms with Crippen LogP contribution >= 0.6 is 0 Å². The van der Waals surface area contributed by atoms with Crippen LogP contribution in [0.25, 0.3) is 0 Å². The molecule has 0 aliphatic heterocycles. The summed E-state index contributed by atoms with van der Waals surface area (Å²) in [6, 6.07) is 18.3. The third kappa shape index (κ3) is 15.3. The average molecular weight is 469 g/mol. The molecule has 0 radical (unpaired) electrons. The van der Waals surface area contributed by atoms with Crippen LogP contribution < -0.4 is 0 Å². The summed E-state index contributed by atoms with van der Waals surface area (Å²) in [5.41, 5.74) is 1.27. The first-order chi connectivity index (χ1) is 16.7. The molecule has 2 aromatic rings. The van der Waals surface area contributed by atoms with Crippen LogP contribution in [-0.4, -0.2) is 25.2 Å². The van der Waals surface area contributed by atoms with Crippen LogP contribution in [0.2, 0.25) is 0 Å². The molecule has 188 valence electrons. The fraction of sp³-hybridized carbons (Fsp3) is 0.533. The summed E-state index contributed by atoms with van der Waals surface area (Å²) in [6.07, 6.45) is 14.5. The van der Waals surface area contributed by atoms with Gasteiger partial charge in [0.15, 0.2) is 0 Å². The quantitative estimate of drug-likeness (QED) is 0.183. The van der Waals surface area contributed by atoms with Gasteiger partial charge < -0.3 is 9.47 Å². The highest BCUT2D eigenvalue weighted by atomic mass is 16.5. The van der Waals surface area contributed by atoms with Crippen molar-refractivity contribution < 1.29 is 19.1 Å². The summed E-state index contributed by atoms with van der Waals surface area (Å²) in [4.78, 5) is 23.1. The first-order valence-corrected chi connectivity index (χ1v) is 13.1. The summed E-state index contributed by atoms with van der Waals surface area (Å²) in [6.45, 7) is 5.50. The summed E-state index contributed by atoms with van der Waals surface area (Å²) in [5.74, 6) is -0.418. The molecular formula is C30H44O4. The predicted octanol–water partition coefficient (Wildman–Crippen LogP) is 8.41. The zero-order valence-electron chi connectivity index (χ0n) is 21.3. The Morgan fingerprint density at radius 3 is 1.18 bits per heavy atom. The van der Waals surface area contributed by atoms with Crippen LogP contribution in [0.15, 0.2) is 60.7 Å². The van der Waals surface area contributed by atoms with E-state index in [9.17, 15) is 9.59 Å². The number of hydrogen-bond acceptors (Lipinski definition) is 4. The second-order valence-electron chi connectivity index (χ2n) is 8.54. The number of unbranched alkanes of at least 4 members (excludes halogenated alkanes) is 10. The highest BCUT2D eigenvalue weighted by molar-refractivity contribution is 5.89. The number of ether oxygens (including phenoxy) is 2. The van der Waals surface area contributed by atoms with Gasteiger partial charge in [-0.3, -0.25) is 0 Å². The zero-order chi connectivity index (χ0) is 24.7. The van der Waals surface area contributed by atoms with Crippen molar-refractivity contribution >= 4 is 11.9 Å². The SMILES string of the molecule is CCCCCCCCOC(=O)c1ccccc1.CCCCCCCCOC(=O)c1ccccc1. The maximum atomic E-state index is 11.6. The second-order valence-corrected chi connectivity index (χ2v) is 8.54. The lowest BCUT2D eigenvalue weighted by atomic mass is 10.1. The van der Waals surface area contributed by atoms with E-state index < -0.39 is 0 Å². The van der Waals surface area contributed by atoms with Crippen molar-refractivity contribution in [1.29, 1.82) is 0 Å². The van der Waals surface area contributed by atoms with Crippen molar-refractivity contribution in [3.63, 3.8) is 0 Å². The van der Waals surface area contributed by atoms with Gasteiger partial charge in [0.2, 0.25) is 0 Å². The van der Waals surface area contributed by atoms with Crippen LogP contribution in [0.3, 0.4) is 0 Å². The lowest BCUT2D eigenvalue weighted by molar-refractivity contribution is 0.0488. The molecule has 0 fully saturated rings. The van der Waals surface area contributed by atoms with E-state index in [1.54, 1.807) is 24.3 Å². The number of carbonyl (C=O) groups excluding carboxylic acids is 2. The Balaban J connectivity index is 0.000000340. The van der Waals surface area contributed by atoms with Gasteiger partial charge in [0.05, 0.1) is 24.3 Å². The molecular weight excluding hydrogens is 424 g/mol. The van der Waals surface area contributed by atoms with Gasteiger partial charge in [-0.1, -0.05) is 114 Å². The Kier molecular flexibility index (Phi) is 18.1. The third-order valence-corrected chi connectivity index (χ3v) is 5.48. The molecule has 0 saturated heterocycles. The highest BCUT2D eigenvalue weighted by Crippen LogP contribution is 2.08. The molecule has 4 nitrogen and oxygen atoms in total. The van der Waals surface area contributed by atoms with Crippen LogP contribution in [0.4, 0.5) is 0 Å². The van der Waals surface area contributed by atoms with Gasteiger partial charge in [-0.2, -0.15) is 0 Å². The number of hydrogen-bond donors (Lipinski definition) is 0. The van der Waals surface area contributed by atoms with E-state index in [2.05, 4.69) is 13.8 Å². The molecule has 0 saturated carbocycles. The van der Waals surface area contributed by atoms with Crippen LogP contribution in [0.5, 0.6) is 0 Å². The van der Waals surface area contributed by atoms with E-state index in [0.29, 0.717) is 24.3 Å². The highest BCUT2D eigenvalue weighted by Gasteiger charge is 2.05. The Hall–Kier alpha value is -2.62. The summed E-state index contributed by atoms with van der Waals surface area (Å²) < 4.78 is 10.4. The molecule has 0 spiro atoms. The van der Waals surface area contributed by atoms with Crippen molar-refractivity contribution in [2.75, 3.05) is 13.2 Å². The number of rotatable bonds is 16. The molecule has 0 unspecified atom stereocenters. The van der Waals surface area contributed by atoms with Gasteiger partial charge in [0.25, 0.3) is 0 Å². The monoisotopic (exact) mass is 468 g/mol. The molecule has 2 rings (SSSR count). The normalized spacial score (nSPS) is 10.2. The maximum Gasteiger partial charge on any atom is 0.338 e. The van der Waals surface area contributed by atoms with E-state index >= 15 is 0 Å². The second kappa shape index (κ2) is 20.9. The first kappa shape index (κ1) is 29.4. The Bertz CT molecular complexity index is 677. The standard InChI is InChI=1S/2C15H22O2/c2*1-2-3-4-5-6-10-13-17-15(16)14-11-8-7-9-12-14/h2*7-9,11-12H,2-6,10,13H2,1H3. The summed E-state index contributed by atoms with van der Waals surface area (Å²) >= 11 is 0. The van der Waals surface area contributed by atoms with Crippen molar-refractivity contribution in [2.24, 2.45) is 0 Å². The van der Waals surface area contributed by atoms with Gasteiger partial charge in [0, 0.05) is 0 Å². The maximum absolute atomic E-state index is 11.6. The van der Waals surface area contributed by atoms with Crippen molar-refractivity contribution in [2.45, 2.75) is 90.9 Å². The van der Waals surface area contributed by atoms with Crippen molar-refractivity contribution in [3.05, 3.63) is 71.8 Å². The molecule has 0 aliphatic carbocycles. The minimum atomic E-state index is -0.209. The summed E-state index contributed by atoms with van der Waals surface area (Å²) in [5, 5.41) is 0. The van der Waals surface area contributed by atoms with Gasteiger partial charge in [-0.15, -0.1) is 0 Å². The summed E-state index contributed by atoms with van der Waals surface area (Å²) in [7, 11) is 0. The molecule has 0 aliphatic rings. The molecule has 0 amide bonds. The van der Waals surface area contributed by atoms with Gasteiger partial charge in [0.1, 0.15) is 0 Å². The number of benzene rings is 2. The smallest absolute Gasteiger partial charge is 0.338 e. The lowest BCUT2D eigenvalue weighted by Gasteiger charge is -2.04. The van der Waals surface area contributed by atoms with E-state index in [1.165, 1.54) is 51.4 Å². The third-order valence-electron chi connectivity index (χ3n) is 5.48. The predicted molar refractivity (Wildman–Crippen MR) is 140 cm³/mol. The first-order valence-electron chi connectivity index (χ1n) is 13.1. The fourth-order valence-electron chi connectivity index (χ4n) is 3.41. The van der Waals surface area contributed by atoms with E-state index in [0.717, 1.165) is 25.7 Å². The van der Waals surface area contributed by atoms with Crippen molar-refractivity contribution in [1.82, 2.24) is 0 Å². The van der Waals surface area contributed by atoms with E-state index in [-0.39, 0.29) is 11.9 Å². The topological polar surface area (TPSA) is 52.6 Å². The molecule has 4 heteroatoms. The Morgan fingerprint density at radius 2 is 0.824 bits per heavy atom. The number of carbonyl (C=O) groups is 2. The average Bonchev–Trinajstić information content (AvgIpc) is 2.89. The van der Waals surface area contributed by atoms with Crippen LogP contribution in [0, 0.1) is 0 Å². The molecule has 0 N–H and O–H groups in total. The lowest BCUT2D eigenvalue weighted by Crippen LogP contribution is -2.06. The van der Waals surface area contributed by atoms with E-state index in [4.69, 9.17) is 9.47 Å². The molecule has 0 bridgehead atoms. The molecule has 0 aromatic heterocycles. The van der Waals surface area contributed by atoms with Gasteiger partial charge in [-0.05, 0) is 37.1 Å². The largest absolute Gasteiger partial charge is 0.462 e. The van der Waals surface area contributed by atoms with Crippen LogP contribution in [-0.2, 0) is 9.47 Å². The molecule has 0 atom stereocenters. The number of esters is 2. The minimum Gasteiger partial charge on any atom is -0.462 e. The molecule has 34 heavy (non-hydrogen) atoms. The minimum absolute atomic E-state index is 0.209. The van der Waals surface area contributed by atoms with E-state index in [1.807, 2.05) is 36.4 Å². The fourth-order valence-corrected chi connectivity index (χ4v) is 3.41. The Labute approximate surface area is 207 Å².